The first-order valence-electron chi connectivity index (χ1n) is 9.78. The van der Waals surface area contributed by atoms with E-state index in [9.17, 15) is 18.3 Å². The number of sulfonamides is 1. The van der Waals surface area contributed by atoms with Crippen LogP contribution in [0.15, 0.2) is 46.7 Å². The van der Waals surface area contributed by atoms with Gasteiger partial charge in [-0.3, -0.25) is 4.79 Å². The molecule has 29 heavy (non-hydrogen) atoms. The van der Waals surface area contributed by atoms with Crippen molar-refractivity contribution in [2.24, 2.45) is 0 Å². The molecule has 2 aliphatic heterocycles. The molecule has 1 aromatic heterocycles. The standard InChI is InChI=1S/C21H24N2O4S2/c24-18-5-3-16(4-6-18)17-9-13-22(14-10-17)20(25)15-19-7-8-21(28-19)29(26,27)23-11-1-2-12-23/h3-9,24H,1-2,10-15H2. The van der Waals surface area contributed by atoms with Crippen molar-refractivity contribution in [1.29, 1.82) is 0 Å². The summed E-state index contributed by atoms with van der Waals surface area (Å²) in [6.45, 7) is 2.34. The SMILES string of the molecule is O=C(Cc1ccc(S(=O)(=O)N2CCCC2)s1)N1CC=C(c2ccc(O)cc2)CC1. The smallest absolute Gasteiger partial charge is 0.252 e. The van der Waals surface area contributed by atoms with E-state index in [2.05, 4.69) is 0 Å². The van der Waals surface area contributed by atoms with E-state index < -0.39 is 10.0 Å². The van der Waals surface area contributed by atoms with Gasteiger partial charge in [0.1, 0.15) is 9.96 Å². The first-order valence-corrected chi connectivity index (χ1v) is 12.0. The van der Waals surface area contributed by atoms with E-state index in [0.717, 1.165) is 29.7 Å². The van der Waals surface area contributed by atoms with Crippen LogP contribution in [0.3, 0.4) is 0 Å². The summed E-state index contributed by atoms with van der Waals surface area (Å²) >= 11 is 1.20. The number of thiophene rings is 1. The molecule has 1 aromatic carbocycles. The number of hydrogen-bond acceptors (Lipinski definition) is 5. The molecule has 0 atom stereocenters. The summed E-state index contributed by atoms with van der Waals surface area (Å²) in [6.07, 6.45) is 4.85. The van der Waals surface area contributed by atoms with Gasteiger partial charge in [0.25, 0.3) is 10.0 Å². The zero-order valence-corrected chi connectivity index (χ0v) is 17.7. The number of phenols is 1. The highest BCUT2D eigenvalue weighted by Crippen LogP contribution is 2.29. The molecule has 1 fully saturated rings. The van der Waals surface area contributed by atoms with Crippen molar-refractivity contribution in [3.05, 3.63) is 52.9 Å². The van der Waals surface area contributed by atoms with Gasteiger partial charge in [-0.1, -0.05) is 18.2 Å². The molecule has 8 heteroatoms. The van der Waals surface area contributed by atoms with Crippen LogP contribution in [0.5, 0.6) is 5.75 Å². The molecule has 4 rings (SSSR count). The fourth-order valence-corrected chi connectivity index (χ4v) is 6.76. The molecular weight excluding hydrogens is 408 g/mol. The molecular formula is C21H24N2O4S2. The number of nitrogens with zero attached hydrogens (tertiary/aromatic N) is 2. The Hall–Kier alpha value is -2.16. The van der Waals surface area contributed by atoms with Crippen LogP contribution in [0.4, 0.5) is 0 Å². The third-order valence-electron chi connectivity index (χ3n) is 5.42. The number of phenolic OH excluding ortho intramolecular Hbond substituents is 1. The average molecular weight is 433 g/mol. The Balaban J connectivity index is 1.38. The monoisotopic (exact) mass is 432 g/mol. The zero-order valence-electron chi connectivity index (χ0n) is 16.1. The Morgan fingerprint density at radius 2 is 1.76 bits per heavy atom. The van der Waals surface area contributed by atoms with E-state index in [1.165, 1.54) is 21.2 Å². The normalized spacial score (nSPS) is 18.1. The number of carbonyl (C=O) groups excluding carboxylic acids is 1. The summed E-state index contributed by atoms with van der Waals surface area (Å²) in [6, 6.07) is 10.5. The zero-order chi connectivity index (χ0) is 20.4. The second kappa shape index (κ2) is 8.30. The van der Waals surface area contributed by atoms with Crippen LogP contribution in [-0.2, 0) is 21.2 Å². The van der Waals surface area contributed by atoms with E-state index in [0.29, 0.717) is 30.4 Å². The summed E-state index contributed by atoms with van der Waals surface area (Å²) in [5, 5.41) is 9.41. The summed E-state index contributed by atoms with van der Waals surface area (Å²) in [7, 11) is -3.42. The van der Waals surface area contributed by atoms with Gasteiger partial charge in [0.15, 0.2) is 0 Å². The topological polar surface area (TPSA) is 77.9 Å². The molecule has 1 saturated heterocycles. The summed E-state index contributed by atoms with van der Waals surface area (Å²) < 4.78 is 27.2. The lowest BCUT2D eigenvalue weighted by molar-refractivity contribution is -0.130. The number of aromatic hydroxyl groups is 1. The molecule has 2 aromatic rings. The number of carbonyl (C=O) groups is 1. The van der Waals surface area contributed by atoms with Crippen LogP contribution < -0.4 is 0 Å². The van der Waals surface area contributed by atoms with Gasteiger partial charge >= 0.3 is 0 Å². The second-order valence-corrected chi connectivity index (χ2v) is 10.7. The fraction of sp³-hybridized carbons (Fsp3) is 0.381. The summed E-state index contributed by atoms with van der Waals surface area (Å²) in [4.78, 5) is 15.3. The van der Waals surface area contributed by atoms with Crippen molar-refractivity contribution >= 4 is 32.8 Å². The number of hydrogen-bond donors (Lipinski definition) is 1. The van der Waals surface area contributed by atoms with E-state index in [4.69, 9.17) is 0 Å². The molecule has 154 valence electrons. The Morgan fingerprint density at radius 3 is 2.41 bits per heavy atom. The number of amides is 1. The molecule has 0 unspecified atom stereocenters. The quantitative estimate of drug-likeness (QED) is 0.788. The molecule has 3 heterocycles. The van der Waals surface area contributed by atoms with E-state index in [-0.39, 0.29) is 18.1 Å². The van der Waals surface area contributed by atoms with E-state index in [1.54, 1.807) is 29.2 Å². The van der Waals surface area contributed by atoms with Gasteiger partial charge in [-0.2, -0.15) is 4.31 Å². The van der Waals surface area contributed by atoms with Gasteiger partial charge < -0.3 is 10.0 Å². The second-order valence-electron chi connectivity index (χ2n) is 7.37. The third kappa shape index (κ3) is 4.39. The largest absolute Gasteiger partial charge is 0.508 e. The van der Waals surface area contributed by atoms with Gasteiger partial charge in [0.05, 0.1) is 6.42 Å². The molecule has 2 aliphatic rings. The fourth-order valence-electron chi connectivity index (χ4n) is 3.74. The van der Waals surface area contributed by atoms with Crippen molar-refractivity contribution < 1.29 is 18.3 Å². The third-order valence-corrected chi connectivity index (χ3v) is 8.87. The highest BCUT2D eigenvalue weighted by Gasteiger charge is 2.29. The molecule has 0 radical (unpaired) electrons. The van der Waals surface area contributed by atoms with Gasteiger partial charge in [0.2, 0.25) is 5.91 Å². The van der Waals surface area contributed by atoms with Crippen molar-refractivity contribution in [3.8, 4) is 5.75 Å². The summed E-state index contributed by atoms with van der Waals surface area (Å²) in [5.74, 6) is 0.252. The Morgan fingerprint density at radius 1 is 1.03 bits per heavy atom. The summed E-state index contributed by atoms with van der Waals surface area (Å²) in [5.41, 5.74) is 2.23. The number of rotatable bonds is 5. The highest BCUT2D eigenvalue weighted by atomic mass is 32.2. The van der Waals surface area contributed by atoms with Gasteiger partial charge in [-0.15, -0.1) is 11.3 Å². The van der Waals surface area contributed by atoms with E-state index in [1.807, 2.05) is 18.2 Å². The minimum atomic E-state index is -3.42. The first kappa shape index (κ1) is 20.1. The van der Waals surface area contributed by atoms with Crippen LogP contribution in [0.1, 0.15) is 29.7 Å². The Bertz CT molecular complexity index is 1020. The lowest BCUT2D eigenvalue weighted by Gasteiger charge is -2.26. The van der Waals surface area contributed by atoms with Gasteiger partial charge in [-0.25, -0.2) is 8.42 Å². The van der Waals surface area contributed by atoms with Gasteiger partial charge in [-0.05, 0) is 54.7 Å². The lowest BCUT2D eigenvalue weighted by atomic mass is 9.99. The minimum Gasteiger partial charge on any atom is -0.508 e. The van der Waals surface area contributed by atoms with Crippen LogP contribution in [-0.4, -0.2) is 54.8 Å². The van der Waals surface area contributed by atoms with Crippen molar-refractivity contribution in [3.63, 3.8) is 0 Å². The predicted molar refractivity (Wildman–Crippen MR) is 113 cm³/mol. The average Bonchev–Trinajstić information content (AvgIpc) is 3.42. The lowest BCUT2D eigenvalue weighted by Crippen LogP contribution is -2.35. The molecule has 0 saturated carbocycles. The first-order chi connectivity index (χ1) is 13.9. The predicted octanol–water partition coefficient (Wildman–Crippen LogP) is 3.10. The van der Waals surface area contributed by atoms with Crippen LogP contribution >= 0.6 is 11.3 Å². The Labute approximate surface area is 175 Å². The van der Waals surface area contributed by atoms with E-state index >= 15 is 0 Å². The van der Waals surface area contributed by atoms with Crippen LogP contribution in [0, 0.1) is 0 Å². The minimum absolute atomic E-state index is 0.0120. The van der Waals surface area contributed by atoms with Crippen molar-refractivity contribution in [2.45, 2.75) is 29.9 Å². The molecule has 1 amide bonds. The maximum absolute atomic E-state index is 12.7. The molecule has 6 nitrogen and oxygen atoms in total. The maximum atomic E-state index is 12.7. The highest BCUT2D eigenvalue weighted by molar-refractivity contribution is 7.91. The van der Waals surface area contributed by atoms with Crippen molar-refractivity contribution in [2.75, 3.05) is 26.2 Å². The van der Waals surface area contributed by atoms with Crippen molar-refractivity contribution in [1.82, 2.24) is 9.21 Å². The number of benzene rings is 1. The molecule has 0 spiro atoms. The maximum Gasteiger partial charge on any atom is 0.252 e. The molecule has 0 bridgehead atoms. The van der Waals surface area contributed by atoms with Crippen LogP contribution in [0.2, 0.25) is 0 Å². The van der Waals surface area contributed by atoms with Crippen LogP contribution in [0.25, 0.3) is 5.57 Å². The van der Waals surface area contributed by atoms with Gasteiger partial charge in [0, 0.05) is 31.1 Å². The Kier molecular flexibility index (Phi) is 5.76. The molecule has 0 aliphatic carbocycles. The molecule has 1 N–H and O–H groups in total.